The lowest BCUT2D eigenvalue weighted by molar-refractivity contribution is -0.552. The van der Waals surface area contributed by atoms with Gasteiger partial charge in [-0.15, -0.1) is 0 Å². The van der Waals surface area contributed by atoms with E-state index >= 15 is 0 Å². The number of rotatable bonds is 1. The Morgan fingerprint density at radius 3 is 2.65 bits per heavy atom. The van der Waals surface area contributed by atoms with E-state index in [9.17, 15) is 0 Å². The Balaban J connectivity index is 2.49. The molecule has 0 aromatic rings. The van der Waals surface area contributed by atoms with Gasteiger partial charge in [0.2, 0.25) is 11.6 Å². The summed E-state index contributed by atoms with van der Waals surface area (Å²) in [7, 11) is 3.82. The van der Waals surface area contributed by atoms with Crippen molar-refractivity contribution in [2.24, 2.45) is 5.92 Å². The zero-order valence-electron chi connectivity index (χ0n) is 9.83. The first kappa shape index (κ1) is 11.2. The number of nitriles is 2. The van der Waals surface area contributed by atoms with Gasteiger partial charge in [-0.05, 0) is 6.08 Å². The summed E-state index contributed by atoms with van der Waals surface area (Å²) in [4.78, 5) is 1.98. The van der Waals surface area contributed by atoms with Crippen LogP contribution in [0, 0.1) is 28.6 Å². The van der Waals surface area contributed by atoms with E-state index < -0.39 is 5.92 Å². The van der Waals surface area contributed by atoms with Crippen LogP contribution in [0.2, 0.25) is 0 Å². The fourth-order valence-corrected chi connectivity index (χ4v) is 2.28. The van der Waals surface area contributed by atoms with Crippen LogP contribution in [0.1, 0.15) is 0 Å². The summed E-state index contributed by atoms with van der Waals surface area (Å²) >= 11 is 0. The van der Waals surface area contributed by atoms with Crippen molar-refractivity contribution in [2.45, 2.75) is 6.17 Å². The van der Waals surface area contributed by atoms with Crippen LogP contribution in [0.5, 0.6) is 0 Å². The van der Waals surface area contributed by atoms with E-state index in [2.05, 4.69) is 12.1 Å². The van der Waals surface area contributed by atoms with Crippen LogP contribution < -0.4 is 0 Å². The molecule has 1 atom stereocenters. The minimum atomic E-state index is -0.664. The second-order valence-electron chi connectivity index (χ2n) is 4.05. The van der Waals surface area contributed by atoms with Gasteiger partial charge < -0.3 is 4.90 Å². The Hall–Kier alpha value is -2.33. The van der Waals surface area contributed by atoms with Crippen molar-refractivity contribution in [3.8, 4) is 12.1 Å². The Bertz CT molecular complexity index is 523. The van der Waals surface area contributed by atoms with Crippen LogP contribution >= 0.6 is 0 Å². The van der Waals surface area contributed by atoms with E-state index in [1.807, 2.05) is 54.0 Å². The summed E-state index contributed by atoms with van der Waals surface area (Å²) in [5.41, 5.74) is 2.08. The van der Waals surface area contributed by atoms with Gasteiger partial charge in [-0.25, -0.2) is 4.58 Å². The van der Waals surface area contributed by atoms with Gasteiger partial charge in [0.05, 0.1) is 12.1 Å². The van der Waals surface area contributed by atoms with Crippen LogP contribution in [-0.2, 0) is 0 Å². The average molecular weight is 225 g/mol. The molecule has 4 heteroatoms. The highest BCUT2D eigenvalue weighted by atomic mass is 15.3. The second kappa shape index (κ2) is 4.27. The molecular weight excluding hydrogens is 212 g/mol. The molecule has 0 aromatic carbocycles. The number of hydrogen-bond acceptors (Lipinski definition) is 3. The maximum Gasteiger partial charge on any atom is 0.258 e. The first-order valence-corrected chi connectivity index (χ1v) is 5.38. The smallest absolute Gasteiger partial charge is 0.258 e. The molecule has 0 N–H and O–H groups in total. The number of allylic oxidation sites excluding steroid dienone is 5. The van der Waals surface area contributed by atoms with Crippen molar-refractivity contribution in [2.75, 3.05) is 14.1 Å². The highest BCUT2D eigenvalue weighted by molar-refractivity contribution is 6.06. The molecule has 0 saturated carbocycles. The Morgan fingerprint density at radius 1 is 1.29 bits per heavy atom. The summed E-state index contributed by atoms with van der Waals surface area (Å²) in [6.07, 6.45) is 9.65. The molecule has 4 nitrogen and oxygen atoms in total. The van der Waals surface area contributed by atoms with Crippen LogP contribution in [-0.4, -0.2) is 35.4 Å². The van der Waals surface area contributed by atoms with Crippen LogP contribution in [0.15, 0.2) is 36.1 Å². The first-order valence-electron chi connectivity index (χ1n) is 5.38. The lowest BCUT2D eigenvalue weighted by atomic mass is 10.1. The molecule has 17 heavy (non-hydrogen) atoms. The molecule has 0 bridgehead atoms. The molecule has 2 rings (SSSR count). The van der Waals surface area contributed by atoms with Crippen molar-refractivity contribution in [3.05, 3.63) is 36.1 Å². The summed E-state index contributed by atoms with van der Waals surface area (Å²) in [6.45, 7) is 0. The lowest BCUT2D eigenvalue weighted by Gasteiger charge is -2.18. The Labute approximate surface area is 101 Å². The molecule has 0 saturated heterocycles. The molecule has 0 aromatic heterocycles. The predicted octanol–water partition coefficient (Wildman–Crippen LogP) is 1.01. The molecule has 2 aliphatic rings. The second-order valence-corrected chi connectivity index (χ2v) is 4.05. The minimum Gasteiger partial charge on any atom is -0.310 e. The average Bonchev–Trinajstić information content (AvgIpc) is 2.54. The van der Waals surface area contributed by atoms with Crippen LogP contribution in [0.3, 0.4) is 0 Å². The Morgan fingerprint density at radius 2 is 2.00 bits per heavy atom. The third kappa shape index (κ3) is 1.64. The lowest BCUT2D eigenvalue weighted by Crippen LogP contribution is -2.38. The van der Waals surface area contributed by atoms with E-state index in [4.69, 9.17) is 10.5 Å². The Kier molecular flexibility index (Phi) is 2.80. The summed E-state index contributed by atoms with van der Waals surface area (Å²) in [6, 6.07) is 4.11. The third-order valence-electron chi connectivity index (χ3n) is 3.12. The molecule has 0 amide bonds. The first-order chi connectivity index (χ1) is 8.20. The van der Waals surface area contributed by atoms with Crippen molar-refractivity contribution in [1.82, 2.24) is 4.90 Å². The van der Waals surface area contributed by atoms with Gasteiger partial charge in [-0.2, -0.15) is 10.5 Å². The summed E-state index contributed by atoms with van der Waals surface area (Å²) < 4.78 is 1.98. The van der Waals surface area contributed by atoms with Crippen molar-refractivity contribution in [1.29, 1.82) is 10.5 Å². The van der Waals surface area contributed by atoms with E-state index in [0.717, 1.165) is 11.4 Å². The van der Waals surface area contributed by atoms with Crippen LogP contribution in [0.4, 0.5) is 0 Å². The molecule has 84 valence electrons. The number of hydrogen-bond donors (Lipinski definition) is 0. The molecule has 1 aliphatic carbocycles. The molecule has 0 fully saturated rings. The van der Waals surface area contributed by atoms with E-state index in [1.165, 1.54) is 0 Å². The quantitative estimate of drug-likeness (QED) is 0.626. The topological polar surface area (TPSA) is 53.8 Å². The number of fused-ring (bicyclic) bond motifs is 1. The highest BCUT2D eigenvalue weighted by Crippen LogP contribution is 2.24. The number of nitrogens with zero attached hydrogens (tertiary/aromatic N) is 4. The van der Waals surface area contributed by atoms with Crippen molar-refractivity contribution >= 4 is 5.71 Å². The van der Waals surface area contributed by atoms with E-state index in [1.54, 1.807) is 0 Å². The highest BCUT2D eigenvalue weighted by Gasteiger charge is 2.43. The van der Waals surface area contributed by atoms with Crippen molar-refractivity contribution < 1.29 is 4.58 Å². The fourth-order valence-electron chi connectivity index (χ4n) is 2.28. The maximum absolute atomic E-state index is 9.02. The van der Waals surface area contributed by atoms with Gasteiger partial charge in [0, 0.05) is 13.1 Å². The molecule has 1 unspecified atom stereocenters. The van der Waals surface area contributed by atoms with Crippen molar-refractivity contribution in [3.63, 3.8) is 0 Å². The monoisotopic (exact) mass is 225 g/mol. The molecule has 0 radical (unpaired) electrons. The van der Waals surface area contributed by atoms with E-state index in [0.29, 0.717) is 0 Å². The molecule has 0 spiro atoms. The standard InChI is InChI=1S/C13H13N4/c1-16-11-6-4-3-5-7-12(11)17(2)13(16)10(8-14)9-15/h3-7,10,13H,1-2H3/q+1. The van der Waals surface area contributed by atoms with Gasteiger partial charge in [-0.1, -0.05) is 18.2 Å². The third-order valence-corrected chi connectivity index (χ3v) is 3.12. The molecule has 1 heterocycles. The van der Waals surface area contributed by atoms with Gasteiger partial charge in [0.15, 0.2) is 0 Å². The summed E-state index contributed by atoms with van der Waals surface area (Å²) in [5.74, 6) is -0.664. The molecular formula is C13H13N4+. The van der Waals surface area contributed by atoms with Gasteiger partial charge in [-0.3, -0.25) is 0 Å². The molecule has 1 aliphatic heterocycles. The normalized spacial score (nSPS) is 22.1. The van der Waals surface area contributed by atoms with Gasteiger partial charge in [0.1, 0.15) is 12.7 Å². The van der Waals surface area contributed by atoms with Gasteiger partial charge >= 0.3 is 0 Å². The summed E-state index contributed by atoms with van der Waals surface area (Å²) in [5, 5.41) is 18.0. The van der Waals surface area contributed by atoms with E-state index in [-0.39, 0.29) is 6.17 Å². The maximum atomic E-state index is 9.02. The minimum absolute atomic E-state index is 0.220. The van der Waals surface area contributed by atoms with Crippen LogP contribution in [0.25, 0.3) is 0 Å². The fraction of sp³-hybridized carbons (Fsp3) is 0.308. The predicted molar refractivity (Wildman–Crippen MR) is 63.8 cm³/mol. The zero-order chi connectivity index (χ0) is 12.4. The van der Waals surface area contributed by atoms with Gasteiger partial charge in [0.25, 0.3) is 6.17 Å². The zero-order valence-corrected chi connectivity index (χ0v) is 9.83. The largest absolute Gasteiger partial charge is 0.310 e. The SMILES string of the molecule is CN1C2=CC=CC=CC2=[N+](C)C1C(C#N)C#N.